The minimum absolute atomic E-state index is 0.000335. The molecule has 3 aliphatic heterocycles. The normalized spacial score (nSPS) is 30.7. The van der Waals surface area contributed by atoms with Gasteiger partial charge in [0.1, 0.15) is 5.75 Å². The lowest BCUT2D eigenvalue weighted by Gasteiger charge is -2.28. The summed E-state index contributed by atoms with van der Waals surface area (Å²) in [6.07, 6.45) is 2.55. The van der Waals surface area contributed by atoms with Crippen molar-refractivity contribution in [3.05, 3.63) is 42.0 Å². The summed E-state index contributed by atoms with van der Waals surface area (Å²) in [5.74, 6) is 1.74. The van der Waals surface area contributed by atoms with Gasteiger partial charge in [-0.3, -0.25) is 9.69 Å². The second-order valence-electron chi connectivity index (χ2n) is 7.96. The Labute approximate surface area is 164 Å². The van der Waals surface area contributed by atoms with Gasteiger partial charge in [-0.05, 0) is 29.9 Å². The number of methoxy groups -OCH3 is 1. The number of fused-ring (bicyclic) bond motifs is 2. The highest BCUT2D eigenvalue weighted by Crippen LogP contribution is 2.54. The number of ether oxygens (including phenoxy) is 2. The number of benzene rings is 2. The monoisotopic (exact) mass is 385 g/mol. The molecule has 0 radical (unpaired) electrons. The first-order valence-corrected chi connectivity index (χ1v) is 9.79. The molecule has 0 unspecified atom stereocenters. The minimum Gasteiger partial charge on any atom is -0.496 e. The zero-order chi connectivity index (χ0) is 19.7. The van der Waals surface area contributed by atoms with Crippen molar-refractivity contribution in [3.8, 4) is 5.75 Å². The Bertz CT molecular complexity index is 856. The molecular formula is C22H27NO5. The fourth-order valence-corrected chi connectivity index (χ4v) is 5.54. The number of carbonyl (C=O) groups is 1. The zero-order valence-corrected chi connectivity index (χ0v) is 16.1. The number of hydrogen-bond donors (Lipinski definition) is 2. The van der Waals surface area contributed by atoms with Crippen LogP contribution in [0.2, 0.25) is 0 Å². The standard InChI is InChI=1S/C21H25NO3.CH2O2/c1-24-19-7-6-14(15-4-2-3-5-16(15)19)10-22-11-18-17(12-23)20-8-9-21(18,13-22)25-20;2-1-3/h2-7,17-18,20,23H,8-13H2,1H3;1H,(H,2,3)/t17-,18+,20+,21+;/m0./s1. The van der Waals surface area contributed by atoms with Gasteiger partial charge in [0.25, 0.3) is 6.47 Å². The third-order valence-electron chi connectivity index (χ3n) is 6.65. The molecule has 0 amide bonds. The molecule has 2 aromatic rings. The average molecular weight is 385 g/mol. The van der Waals surface area contributed by atoms with E-state index in [1.165, 1.54) is 16.3 Å². The van der Waals surface area contributed by atoms with Gasteiger partial charge in [0.15, 0.2) is 0 Å². The van der Waals surface area contributed by atoms with E-state index in [1.807, 2.05) is 0 Å². The summed E-state index contributed by atoms with van der Waals surface area (Å²) >= 11 is 0. The number of carboxylic acid groups (broad SMARTS) is 1. The summed E-state index contributed by atoms with van der Waals surface area (Å²) in [7, 11) is 1.73. The van der Waals surface area contributed by atoms with Gasteiger partial charge in [0.05, 0.1) is 18.8 Å². The van der Waals surface area contributed by atoms with Crippen molar-refractivity contribution in [2.24, 2.45) is 11.8 Å². The minimum atomic E-state index is -0.250. The molecule has 2 N–H and O–H groups in total. The molecule has 2 aromatic carbocycles. The Morgan fingerprint density at radius 3 is 2.75 bits per heavy atom. The third kappa shape index (κ3) is 3.05. The molecule has 150 valence electrons. The zero-order valence-electron chi connectivity index (χ0n) is 16.1. The van der Waals surface area contributed by atoms with E-state index in [0.717, 1.165) is 38.2 Å². The summed E-state index contributed by atoms with van der Waals surface area (Å²) in [6, 6.07) is 12.7. The van der Waals surface area contributed by atoms with Crippen LogP contribution in [0.15, 0.2) is 36.4 Å². The van der Waals surface area contributed by atoms with Crippen molar-refractivity contribution >= 4 is 17.2 Å². The number of rotatable bonds is 4. The molecule has 6 nitrogen and oxygen atoms in total. The summed E-state index contributed by atoms with van der Waals surface area (Å²) in [6.45, 7) is 2.96. The highest BCUT2D eigenvalue weighted by Gasteiger charge is 2.62. The number of likely N-dealkylation sites (tertiary alicyclic amines) is 1. The van der Waals surface area contributed by atoms with E-state index >= 15 is 0 Å². The first kappa shape index (κ1) is 19.2. The Balaban J connectivity index is 0.000000604. The van der Waals surface area contributed by atoms with Gasteiger partial charge in [-0.2, -0.15) is 0 Å². The van der Waals surface area contributed by atoms with E-state index in [9.17, 15) is 5.11 Å². The summed E-state index contributed by atoms with van der Waals surface area (Å²) in [5, 5.41) is 19.1. The van der Waals surface area contributed by atoms with Crippen molar-refractivity contribution in [1.82, 2.24) is 4.90 Å². The summed E-state index contributed by atoms with van der Waals surface area (Å²) < 4.78 is 11.9. The predicted molar refractivity (Wildman–Crippen MR) is 105 cm³/mol. The van der Waals surface area contributed by atoms with E-state index in [0.29, 0.717) is 17.9 Å². The van der Waals surface area contributed by atoms with E-state index in [-0.39, 0.29) is 18.7 Å². The molecule has 1 spiro atoms. The maximum absolute atomic E-state index is 9.79. The van der Waals surface area contributed by atoms with E-state index in [1.54, 1.807) is 7.11 Å². The van der Waals surface area contributed by atoms with Crippen LogP contribution in [0, 0.1) is 11.8 Å². The first-order valence-electron chi connectivity index (χ1n) is 9.79. The lowest BCUT2D eigenvalue weighted by Crippen LogP contribution is -2.37. The molecule has 0 saturated carbocycles. The Hall–Kier alpha value is -2.15. The molecule has 0 aliphatic carbocycles. The van der Waals surface area contributed by atoms with Crippen molar-refractivity contribution < 1.29 is 24.5 Å². The molecule has 3 heterocycles. The largest absolute Gasteiger partial charge is 0.496 e. The van der Waals surface area contributed by atoms with Crippen LogP contribution in [0.3, 0.4) is 0 Å². The molecule has 5 rings (SSSR count). The fourth-order valence-electron chi connectivity index (χ4n) is 5.54. The quantitative estimate of drug-likeness (QED) is 0.788. The molecule has 28 heavy (non-hydrogen) atoms. The van der Waals surface area contributed by atoms with Crippen LogP contribution in [0.4, 0.5) is 0 Å². The van der Waals surface area contributed by atoms with Gasteiger partial charge >= 0.3 is 0 Å². The SMILES string of the molecule is COc1ccc(CN2C[C@@H]3[C@H](CO)[C@H]4CC[C@]3(C2)O4)c2ccccc12.O=CO. The van der Waals surface area contributed by atoms with Gasteiger partial charge < -0.3 is 19.7 Å². The van der Waals surface area contributed by atoms with Crippen molar-refractivity contribution in [3.63, 3.8) is 0 Å². The number of nitrogens with zero attached hydrogens (tertiary/aromatic N) is 1. The van der Waals surface area contributed by atoms with E-state index < -0.39 is 0 Å². The van der Waals surface area contributed by atoms with E-state index in [2.05, 4.69) is 41.3 Å². The summed E-state index contributed by atoms with van der Waals surface area (Å²) in [5.41, 5.74) is 1.34. The number of hydrogen-bond acceptors (Lipinski definition) is 5. The number of aliphatic hydroxyl groups excluding tert-OH is 1. The van der Waals surface area contributed by atoms with Gasteiger partial charge in [0, 0.05) is 43.5 Å². The van der Waals surface area contributed by atoms with Crippen molar-refractivity contribution in [2.75, 3.05) is 26.8 Å². The lowest BCUT2D eigenvalue weighted by molar-refractivity contribution is -0.122. The van der Waals surface area contributed by atoms with Gasteiger partial charge in [-0.1, -0.05) is 30.3 Å². The predicted octanol–water partition coefficient (Wildman–Crippen LogP) is 2.52. The van der Waals surface area contributed by atoms with Crippen LogP contribution in [-0.2, 0) is 16.1 Å². The molecule has 0 aromatic heterocycles. The topological polar surface area (TPSA) is 79.2 Å². The fraction of sp³-hybridized carbons (Fsp3) is 0.500. The molecule has 3 saturated heterocycles. The molecule has 6 heteroatoms. The van der Waals surface area contributed by atoms with E-state index in [4.69, 9.17) is 19.4 Å². The first-order chi connectivity index (χ1) is 13.7. The van der Waals surface area contributed by atoms with Crippen LogP contribution < -0.4 is 4.74 Å². The molecular weight excluding hydrogens is 358 g/mol. The van der Waals surface area contributed by atoms with Gasteiger partial charge in [-0.25, -0.2) is 0 Å². The summed E-state index contributed by atoms with van der Waals surface area (Å²) in [4.78, 5) is 10.9. The second-order valence-corrected chi connectivity index (χ2v) is 7.96. The van der Waals surface area contributed by atoms with Crippen LogP contribution in [-0.4, -0.2) is 60.1 Å². The molecule has 3 aliphatic rings. The van der Waals surface area contributed by atoms with Crippen LogP contribution in [0.25, 0.3) is 10.8 Å². The van der Waals surface area contributed by atoms with Crippen molar-refractivity contribution in [2.45, 2.75) is 31.1 Å². The third-order valence-corrected chi connectivity index (χ3v) is 6.65. The number of aliphatic hydroxyl groups is 1. The Morgan fingerprint density at radius 2 is 2.04 bits per heavy atom. The molecule has 2 bridgehead atoms. The maximum Gasteiger partial charge on any atom is 0.290 e. The highest BCUT2D eigenvalue weighted by molar-refractivity contribution is 5.91. The smallest absolute Gasteiger partial charge is 0.290 e. The van der Waals surface area contributed by atoms with Crippen LogP contribution in [0.5, 0.6) is 5.75 Å². The van der Waals surface area contributed by atoms with Gasteiger partial charge in [-0.15, -0.1) is 0 Å². The highest BCUT2D eigenvalue weighted by atomic mass is 16.5. The maximum atomic E-state index is 9.79. The van der Waals surface area contributed by atoms with Crippen molar-refractivity contribution in [1.29, 1.82) is 0 Å². The van der Waals surface area contributed by atoms with Crippen LogP contribution in [0.1, 0.15) is 18.4 Å². The molecule has 3 fully saturated rings. The van der Waals surface area contributed by atoms with Crippen LogP contribution >= 0.6 is 0 Å². The van der Waals surface area contributed by atoms with Gasteiger partial charge in [0.2, 0.25) is 0 Å². The Kier molecular flexibility index (Phi) is 5.27. The lowest BCUT2D eigenvalue weighted by atomic mass is 9.74. The average Bonchev–Trinajstić information content (AvgIpc) is 3.36. The Morgan fingerprint density at radius 1 is 1.29 bits per heavy atom. The molecule has 4 atom stereocenters. The second kappa shape index (κ2) is 7.70.